The summed E-state index contributed by atoms with van der Waals surface area (Å²) in [6, 6.07) is 3.02. The van der Waals surface area contributed by atoms with Gasteiger partial charge in [0.15, 0.2) is 0 Å². The van der Waals surface area contributed by atoms with E-state index < -0.39 is 12.1 Å². The van der Waals surface area contributed by atoms with E-state index in [2.05, 4.69) is 24.8 Å². The normalized spacial score (nSPS) is 16.7. The lowest BCUT2D eigenvalue weighted by Gasteiger charge is -2.34. The molecule has 0 aromatic carbocycles. The van der Waals surface area contributed by atoms with Crippen molar-refractivity contribution in [2.45, 2.75) is 12.7 Å². The van der Waals surface area contributed by atoms with E-state index in [1.54, 1.807) is 6.07 Å². The summed E-state index contributed by atoms with van der Waals surface area (Å²) in [7, 11) is 0. The van der Waals surface area contributed by atoms with Crippen molar-refractivity contribution in [2.24, 2.45) is 0 Å². The molecule has 1 fully saturated rings. The Morgan fingerprint density at radius 2 is 1.91 bits per heavy atom. The Hall–Kier alpha value is -2.43. The maximum Gasteiger partial charge on any atom is 0.470 e. The van der Waals surface area contributed by atoms with Crippen molar-refractivity contribution in [3.63, 3.8) is 0 Å². The number of hydrogen-bond donors (Lipinski definition) is 1. The molecule has 2 aromatic heterocycles. The third-order valence-electron chi connectivity index (χ3n) is 3.43. The van der Waals surface area contributed by atoms with Gasteiger partial charge in [0.1, 0.15) is 5.82 Å². The van der Waals surface area contributed by atoms with E-state index in [1.165, 1.54) is 6.07 Å². The summed E-state index contributed by atoms with van der Waals surface area (Å²) in [6.07, 6.45) is -4.63. The van der Waals surface area contributed by atoms with Gasteiger partial charge in [-0.3, -0.25) is 9.69 Å². The van der Waals surface area contributed by atoms with Crippen molar-refractivity contribution >= 4 is 5.82 Å². The molecule has 1 aliphatic heterocycles. The van der Waals surface area contributed by atoms with Gasteiger partial charge < -0.3 is 9.32 Å². The molecule has 0 spiro atoms. The lowest BCUT2D eigenvalue weighted by Crippen LogP contribution is -2.46. The molecule has 124 valence electrons. The van der Waals surface area contributed by atoms with Gasteiger partial charge in [0.25, 0.3) is 5.56 Å². The van der Waals surface area contributed by atoms with Gasteiger partial charge in [-0.1, -0.05) is 0 Å². The van der Waals surface area contributed by atoms with Gasteiger partial charge in [0, 0.05) is 32.2 Å². The Kier molecular flexibility index (Phi) is 4.03. The number of aromatic amines is 1. The topological polar surface area (TPSA) is 91.2 Å². The molecule has 1 saturated heterocycles. The van der Waals surface area contributed by atoms with Crippen LogP contribution in [0.3, 0.4) is 0 Å². The number of hydrogen-bond acceptors (Lipinski definition) is 7. The maximum absolute atomic E-state index is 12.4. The monoisotopic (exact) mass is 330 g/mol. The highest BCUT2D eigenvalue weighted by molar-refractivity contribution is 5.36. The van der Waals surface area contributed by atoms with Crippen LogP contribution in [0.15, 0.2) is 21.3 Å². The fourth-order valence-electron chi connectivity index (χ4n) is 2.27. The van der Waals surface area contributed by atoms with E-state index >= 15 is 0 Å². The lowest BCUT2D eigenvalue weighted by atomic mass is 10.3. The molecule has 3 rings (SSSR count). The first-order valence-corrected chi connectivity index (χ1v) is 6.84. The van der Waals surface area contributed by atoms with Gasteiger partial charge in [0.05, 0.1) is 6.54 Å². The zero-order valence-electron chi connectivity index (χ0n) is 11.9. The smallest absolute Gasteiger partial charge is 0.416 e. The highest BCUT2D eigenvalue weighted by Crippen LogP contribution is 2.27. The van der Waals surface area contributed by atoms with E-state index in [0.717, 1.165) is 0 Å². The number of nitrogens with zero attached hydrogens (tertiary/aromatic N) is 5. The molecule has 1 N–H and O–H groups in total. The number of aromatic nitrogens is 4. The second-order valence-electron chi connectivity index (χ2n) is 5.04. The summed E-state index contributed by atoms with van der Waals surface area (Å²) in [5.74, 6) is -0.738. The van der Waals surface area contributed by atoms with Crippen LogP contribution in [0.2, 0.25) is 0 Å². The average Bonchev–Trinajstić information content (AvgIpc) is 2.98. The predicted octanol–water partition coefficient (Wildman–Crippen LogP) is 0.494. The second-order valence-corrected chi connectivity index (χ2v) is 5.04. The summed E-state index contributed by atoms with van der Waals surface area (Å²) in [5, 5.41) is 12.7. The highest BCUT2D eigenvalue weighted by atomic mass is 19.4. The molecule has 0 aliphatic carbocycles. The van der Waals surface area contributed by atoms with E-state index in [4.69, 9.17) is 0 Å². The van der Waals surface area contributed by atoms with Crippen molar-refractivity contribution in [1.29, 1.82) is 0 Å². The number of halogens is 3. The lowest BCUT2D eigenvalue weighted by molar-refractivity contribution is -0.157. The van der Waals surface area contributed by atoms with E-state index in [9.17, 15) is 18.0 Å². The molecule has 2 aromatic rings. The first kappa shape index (κ1) is 15.5. The van der Waals surface area contributed by atoms with Gasteiger partial charge in [-0.15, -0.1) is 10.2 Å². The molecular weight excluding hydrogens is 317 g/mol. The molecule has 11 heteroatoms. The van der Waals surface area contributed by atoms with Crippen molar-refractivity contribution < 1.29 is 17.6 Å². The van der Waals surface area contributed by atoms with Crippen LogP contribution < -0.4 is 10.5 Å². The minimum atomic E-state index is -4.63. The van der Waals surface area contributed by atoms with Crippen LogP contribution in [0.5, 0.6) is 0 Å². The molecule has 0 unspecified atom stereocenters. The first-order valence-electron chi connectivity index (χ1n) is 6.84. The van der Waals surface area contributed by atoms with Crippen molar-refractivity contribution in [3.8, 4) is 0 Å². The van der Waals surface area contributed by atoms with Crippen LogP contribution in [0.25, 0.3) is 0 Å². The number of alkyl halides is 3. The van der Waals surface area contributed by atoms with Gasteiger partial charge in [-0.2, -0.15) is 18.3 Å². The zero-order chi connectivity index (χ0) is 16.4. The van der Waals surface area contributed by atoms with Crippen LogP contribution in [-0.2, 0) is 12.7 Å². The van der Waals surface area contributed by atoms with Crippen LogP contribution in [0, 0.1) is 0 Å². The third kappa shape index (κ3) is 3.67. The molecule has 3 heterocycles. The van der Waals surface area contributed by atoms with Crippen LogP contribution in [0.4, 0.5) is 19.0 Å². The van der Waals surface area contributed by atoms with E-state index in [0.29, 0.717) is 32.0 Å². The summed E-state index contributed by atoms with van der Waals surface area (Å²) in [6.45, 7) is 2.61. The minimum Gasteiger partial charge on any atom is -0.416 e. The molecule has 1 aliphatic rings. The summed E-state index contributed by atoms with van der Waals surface area (Å²) >= 11 is 0. The Bertz CT molecular complexity index is 700. The number of rotatable bonds is 3. The minimum absolute atomic E-state index is 0.0621. The molecule has 8 nitrogen and oxygen atoms in total. The number of piperazine rings is 1. The van der Waals surface area contributed by atoms with Crippen LogP contribution >= 0.6 is 0 Å². The van der Waals surface area contributed by atoms with Crippen LogP contribution in [-0.4, -0.2) is 51.5 Å². The fourth-order valence-corrected chi connectivity index (χ4v) is 2.27. The largest absolute Gasteiger partial charge is 0.470 e. The highest BCUT2D eigenvalue weighted by Gasteiger charge is 2.38. The van der Waals surface area contributed by atoms with Crippen molar-refractivity contribution in [1.82, 2.24) is 25.3 Å². The average molecular weight is 330 g/mol. The molecule has 0 radical (unpaired) electrons. The molecule has 23 heavy (non-hydrogen) atoms. The second kappa shape index (κ2) is 5.99. The van der Waals surface area contributed by atoms with Gasteiger partial charge in [-0.05, 0) is 6.07 Å². The molecule has 0 amide bonds. The summed E-state index contributed by atoms with van der Waals surface area (Å²) < 4.78 is 41.8. The Labute approximate surface area is 127 Å². The number of H-pyrrole nitrogens is 1. The SMILES string of the molecule is O=c1ccc(N2CCN(Cc3nnc(C(F)(F)F)o3)CC2)n[nH]1. The Morgan fingerprint density at radius 3 is 2.48 bits per heavy atom. The van der Waals surface area contributed by atoms with Crippen molar-refractivity contribution in [3.05, 3.63) is 34.3 Å². The Morgan fingerprint density at radius 1 is 1.17 bits per heavy atom. The number of nitrogens with one attached hydrogen (secondary N) is 1. The Balaban J connectivity index is 1.56. The third-order valence-corrected chi connectivity index (χ3v) is 3.43. The van der Waals surface area contributed by atoms with Crippen LogP contribution in [0.1, 0.15) is 11.8 Å². The quantitative estimate of drug-likeness (QED) is 0.876. The first-order chi connectivity index (χ1) is 10.9. The zero-order valence-corrected chi connectivity index (χ0v) is 11.9. The van der Waals surface area contributed by atoms with Gasteiger partial charge >= 0.3 is 12.1 Å². The van der Waals surface area contributed by atoms with E-state index in [-0.39, 0.29) is 18.0 Å². The standard InChI is InChI=1S/C12H13F3N6O2/c13-12(14,15)11-19-18-10(23-11)7-20-3-5-21(6-4-20)8-1-2-9(22)17-16-8/h1-2H,3-7H2,(H,17,22). The van der Waals surface area contributed by atoms with Gasteiger partial charge in [-0.25, -0.2) is 5.10 Å². The van der Waals surface area contributed by atoms with E-state index in [1.807, 2.05) is 9.80 Å². The molecular formula is C12H13F3N6O2. The molecule has 0 bridgehead atoms. The molecule has 0 saturated carbocycles. The maximum atomic E-state index is 12.4. The predicted molar refractivity (Wildman–Crippen MR) is 71.6 cm³/mol. The summed E-state index contributed by atoms with van der Waals surface area (Å²) in [5.41, 5.74) is -0.274. The van der Waals surface area contributed by atoms with Gasteiger partial charge in [0.2, 0.25) is 5.89 Å². The fraction of sp³-hybridized carbons (Fsp3) is 0.500. The summed E-state index contributed by atoms with van der Waals surface area (Å²) in [4.78, 5) is 14.9. The molecule has 0 atom stereocenters. The van der Waals surface area contributed by atoms with Crippen molar-refractivity contribution in [2.75, 3.05) is 31.1 Å². The number of anilines is 1.